The zero-order valence-electron chi connectivity index (χ0n) is 8.19. The van der Waals surface area contributed by atoms with Gasteiger partial charge in [0, 0.05) is 12.5 Å². The van der Waals surface area contributed by atoms with Gasteiger partial charge in [-0.25, -0.2) is 0 Å². The van der Waals surface area contributed by atoms with E-state index in [2.05, 4.69) is 10.2 Å². The molecular weight excluding hydrogens is 196 g/mol. The molecule has 0 saturated carbocycles. The van der Waals surface area contributed by atoms with Gasteiger partial charge in [0.2, 0.25) is 5.88 Å². The van der Waals surface area contributed by atoms with Crippen LogP contribution in [-0.2, 0) is 4.79 Å². The number of hydrogen-bond donors (Lipinski definition) is 1. The van der Waals surface area contributed by atoms with Crippen LogP contribution < -0.4 is 4.74 Å². The Balaban J connectivity index is 2.14. The van der Waals surface area contributed by atoms with Crippen LogP contribution in [0, 0.1) is 0 Å². The lowest BCUT2D eigenvalue weighted by molar-refractivity contribution is -0.134. The van der Waals surface area contributed by atoms with Gasteiger partial charge in [-0.1, -0.05) is 6.92 Å². The van der Waals surface area contributed by atoms with Crippen LogP contribution in [0.5, 0.6) is 5.88 Å². The summed E-state index contributed by atoms with van der Waals surface area (Å²) in [5, 5.41) is 6.55. The fourth-order valence-electron chi connectivity index (χ4n) is 1.10. The van der Waals surface area contributed by atoms with Gasteiger partial charge in [-0.15, -0.1) is 5.10 Å². The molecule has 0 atom stereocenters. The Hall–Kier alpha value is -2.04. The highest BCUT2D eigenvalue weighted by Crippen LogP contribution is 2.20. The van der Waals surface area contributed by atoms with Gasteiger partial charge in [-0.3, -0.25) is 9.89 Å². The molecule has 0 radical (unpaired) electrons. The van der Waals surface area contributed by atoms with Gasteiger partial charge < -0.3 is 9.15 Å². The lowest BCUT2D eigenvalue weighted by atomic mass is 10.3. The molecule has 0 unspecified atom stereocenters. The van der Waals surface area contributed by atoms with Gasteiger partial charge in [-0.2, -0.15) is 0 Å². The number of rotatable bonds is 3. The molecular formula is C10H10N2O3. The third-order valence-corrected chi connectivity index (χ3v) is 1.85. The van der Waals surface area contributed by atoms with Crippen molar-refractivity contribution in [3.05, 3.63) is 24.5 Å². The summed E-state index contributed by atoms with van der Waals surface area (Å²) in [6.45, 7) is 1.72. The summed E-state index contributed by atoms with van der Waals surface area (Å²) in [6, 6.07) is 5.18. The number of aromatic nitrogens is 2. The number of carbonyl (C=O) groups excluding carboxylic acids is 1. The van der Waals surface area contributed by atoms with Gasteiger partial charge in [0.1, 0.15) is 5.69 Å². The van der Waals surface area contributed by atoms with E-state index in [4.69, 9.17) is 9.15 Å². The number of ether oxygens (including phenoxy) is 1. The molecule has 0 spiro atoms. The second kappa shape index (κ2) is 4.00. The van der Waals surface area contributed by atoms with Gasteiger partial charge >= 0.3 is 5.97 Å². The number of carbonyl (C=O) groups is 1. The smallest absolute Gasteiger partial charge is 0.312 e. The third kappa shape index (κ3) is 2.07. The molecule has 0 saturated heterocycles. The van der Waals surface area contributed by atoms with E-state index in [1.54, 1.807) is 31.4 Å². The molecule has 5 nitrogen and oxygen atoms in total. The molecule has 2 aromatic rings. The van der Waals surface area contributed by atoms with Crippen LogP contribution in [0.25, 0.3) is 11.5 Å². The minimum atomic E-state index is -0.313. The van der Waals surface area contributed by atoms with Crippen molar-refractivity contribution in [3.8, 4) is 17.3 Å². The number of hydrogen-bond acceptors (Lipinski definition) is 4. The Labute approximate surface area is 86.0 Å². The van der Waals surface area contributed by atoms with Crippen LogP contribution in [0.2, 0.25) is 0 Å². The first-order chi connectivity index (χ1) is 7.29. The van der Waals surface area contributed by atoms with Crippen molar-refractivity contribution >= 4 is 5.97 Å². The predicted molar refractivity (Wildman–Crippen MR) is 52.2 cm³/mol. The number of nitrogens with zero attached hydrogens (tertiary/aromatic N) is 1. The van der Waals surface area contributed by atoms with E-state index in [0.29, 0.717) is 17.9 Å². The fourth-order valence-corrected chi connectivity index (χ4v) is 1.10. The molecule has 78 valence electrons. The normalized spacial score (nSPS) is 10.2. The van der Waals surface area contributed by atoms with Crippen molar-refractivity contribution in [2.45, 2.75) is 13.3 Å². The van der Waals surface area contributed by atoms with Gasteiger partial charge in [-0.05, 0) is 12.1 Å². The van der Waals surface area contributed by atoms with Crippen molar-refractivity contribution in [1.29, 1.82) is 0 Å². The lowest BCUT2D eigenvalue weighted by Crippen LogP contribution is -2.05. The molecule has 2 rings (SSSR count). The zero-order chi connectivity index (χ0) is 10.7. The van der Waals surface area contributed by atoms with Crippen LogP contribution in [0.3, 0.4) is 0 Å². The molecule has 5 heteroatoms. The topological polar surface area (TPSA) is 68.1 Å². The molecule has 2 heterocycles. The molecule has 0 aliphatic rings. The Morgan fingerprint density at radius 2 is 2.53 bits per heavy atom. The van der Waals surface area contributed by atoms with Crippen LogP contribution in [0.1, 0.15) is 13.3 Å². The quantitative estimate of drug-likeness (QED) is 0.779. The van der Waals surface area contributed by atoms with Crippen molar-refractivity contribution < 1.29 is 13.9 Å². The van der Waals surface area contributed by atoms with E-state index in [0.717, 1.165) is 0 Å². The molecule has 0 aliphatic carbocycles. The van der Waals surface area contributed by atoms with Crippen molar-refractivity contribution in [3.63, 3.8) is 0 Å². The SMILES string of the molecule is CCC(=O)Oc1cc(-c2ccco2)[nH]n1. The van der Waals surface area contributed by atoms with Crippen LogP contribution in [0.15, 0.2) is 28.9 Å². The Kier molecular flexibility index (Phi) is 2.53. The summed E-state index contributed by atoms with van der Waals surface area (Å²) in [5.74, 6) is 0.599. The molecule has 15 heavy (non-hydrogen) atoms. The maximum absolute atomic E-state index is 11.0. The zero-order valence-corrected chi connectivity index (χ0v) is 8.19. The second-order valence-corrected chi connectivity index (χ2v) is 2.92. The van der Waals surface area contributed by atoms with E-state index in [9.17, 15) is 4.79 Å². The average molecular weight is 206 g/mol. The first-order valence-corrected chi connectivity index (χ1v) is 4.59. The Morgan fingerprint density at radius 1 is 1.67 bits per heavy atom. The highest BCUT2D eigenvalue weighted by molar-refractivity contribution is 5.71. The Morgan fingerprint density at radius 3 is 3.20 bits per heavy atom. The number of H-pyrrole nitrogens is 1. The maximum atomic E-state index is 11.0. The van der Waals surface area contributed by atoms with E-state index in [-0.39, 0.29) is 11.8 Å². The molecule has 0 bridgehead atoms. The van der Waals surface area contributed by atoms with Crippen molar-refractivity contribution in [2.75, 3.05) is 0 Å². The molecule has 0 aliphatic heterocycles. The van der Waals surface area contributed by atoms with E-state index < -0.39 is 0 Å². The number of furan rings is 1. The molecule has 0 amide bonds. The molecule has 2 aromatic heterocycles. The highest BCUT2D eigenvalue weighted by Gasteiger charge is 2.08. The summed E-state index contributed by atoms with van der Waals surface area (Å²) in [7, 11) is 0. The van der Waals surface area contributed by atoms with E-state index in [1.165, 1.54) is 0 Å². The summed E-state index contributed by atoms with van der Waals surface area (Å²) in [5.41, 5.74) is 0.680. The van der Waals surface area contributed by atoms with Crippen LogP contribution in [-0.4, -0.2) is 16.2 Å². The first-order valence-electron chi connectivity index (χ1n) is 4.59. The molecule has 1 N–H and O–H groups in total. The summed E-state index contributed by atoms with van der Waals surface area (Å²) in [4.78, 5) is 11.0. The Bertz CT molecular complexity index is 445. The van der Waals surface area contributed by atoms with E-state index in [1.807, 2.05) is 0 Å². The number of esters is 1. The standard InChI is InChI=1S/C10H10N2O3/c1-2-10(13)15-9-6-7(11-12-9)8-4-3-5-14-8/h3-6H,2H2,1H3,(H,11,12). The monoisotopic (exact) mass is 206 g/mol. The van der Waals surface area contributed by atoms with Crippen molar-refractivity contribution in [2.24, 2.45) is 0 Å². The second-order valence-electron chi connectivity index (χ2n) is 2.92. The summed E-state index contributed by atoms with van der Waals surface area (Å²) >= 11 is 0. The lowest BCUT2D eigenvalue weighted by Gasteiger charge is -1.94. The summed E-state index contributed by atoms with van der Waals surface area (Å²) in [6.07, 6.45) is 1.89. The summed E-state index contributed by atoms with van der Waals surface area (Å²) < 4.78 is 10.1. The first kappa shape index (κ1) is 9.51. The van der Waals surface area contributed by atoms with Crippen LogP contribution >= 0.6 is 0 Å². The highest BCUT2D eigenvalue weighted by atomic mass is 16.5. The largest absolute Gasteiger partial charge is 0.463 e. The van der Waals surface area contributed by atoms with Crippen molar-refractivity contribution in [1.82, 2.24) is 10.2 Å². The van der Waals surface area contributed by atoms with Crippen LogP contribution in [0.4, 0.5) is 0 Å². The van der Waals surface area contributed by atoms with Gasteiger partial charge in [0.05, 0.1) is 6.26 Å². The van der Waals surface area contributed by atoms with E-state index >= 15 is 0 Å². The number of aromatic amines is 1. The molecule has 0 fully saturated rings. The fraction of sp³-hybridized carbons (Fsp3) is 0.200. The third-order valence-electron chi connectivity index (χ3n) is 1.85. The minimum Gasteiger partial charge on any atom is -0.463 e. The maximum Gasteiger partial charge on any atom is 0.312 e. The van der Waals surface area contributed by atoms with Gasteiger partial charge in [0.15, 0.2) is 5.76 Å². The number of nitrogens with one attached hydrogen (secondary N) is 1. The average Bonchev–Trinajstić information content (AvgIpc) is 2.85. The minimum absolute atomic E-state index is 0.258. The predicted octanol–water partition coefficient (Wildman–Crippen LogP) is 1.99. The van der Waals surface area contributed by atoms with Gasteiger partial charge in [0.25, 0.3) is 0 Å². The molecule has 0 aromatic carbocycles.